The van der Waals surface area contributed by atoms with Crippen LogP contribution in [0.3, 0.4) is 0 Å². The van der Waals surface area contributed by atoms with Gasteiger partial charge in [0.25, 0.3) is 10.1 Å². The zero-order valence-corrected chi connectivity index (χ0v) is 11.5. The van der Waals surface area contributed by atoms with Gasteiger partial charge in [-0.3, -0.25) is 9.35 Å². The third-order valence-corrected chi connectivity index (χ3v) is 4.93. The molecule has 1 aromatic carbocycles. The average molecular weight is 287 g/mol. The summed E-state index contributed by atoms with van der Waals surface area (Å²) < 4.78 is 30.3. The average Bonchev–Trinajstić information content (AvgIpc) is 2.28. The van der Waals surface area contributed by atoms with Crippen molar-refractivity contribution < 1.29 is 22.9 Å². The van der Waals surface area contributed by atoms with Crippen molar-refractivity contribution in [1.29, 1.82) is 0 Å². The van der Waals surface area contributed by atoms with Gasteiger partial charge in [0.05, 0.1) is 0 Å². The van der Waals surface area contributed by atoms with Crippen molar-refractivity contribution in [2.75, 3.05) is 0 Å². The fourth-order valence-electron chi connectivity index (χ4n) is 2.16. The van der Waals surface area contributed by atoms with Crippen LogP contribution in [-0.2, 0) is 14.9 Å². The molecule has 6 nitrogen and oxygen atoms in total. The summed E-state index contributed by atoms with van der Waals surface area (Å²) in [6.45, 7) is 2.75. The van der Waals surface area contributed by atoms with Gasteiger partial charge in [0.1, 0.15) is 5.75 Å². The third-order valence-electron chi connectivity index (χ3n) is 3.37. The van der Waals surface area contributed by atoms with Crippen LogP contribution in [0.5, 0.6) is 5.75 Å². The van der Waals surface area contributed by atoms with E-state index < -0.39 is 26.7 Å². The molecule has 0 bridgehead atoms. The Kier molecular flexibility index (Phi) is 4.21. The van der Waals surface area contributed by atoms with Crippen molar-refractivity contribution in [3.8, 4) is 5.75 Å². The van der Waals surface area contributed by atoms with Crippen molar-refractivity contribution in [3.05, 3.63) is 29.8 Å². The van der Waals surface area contributed by atoms with Crippen LogP contribution in [0.2, 0.25) is 0 Å². The Labute approximate surface area is 112 Å². The number of benzene rings is 1. The highest BCUT2D eigenvalue weighted by Crippen LogP contribution is 2.37. The van der Waals surface area contributed by atoms with E-state index in [-0.39, 0.29) is 12.2 Å². The summed E-state index contributed by atoms with van der Waals surface area (Å²) >= 11 is 0. The van der Waals surface area contributed by atoms with Crippen LogP contribution in [-0.4, -0.2) is 28.7 Å². The molecule has 1 rings (SSSR count). The number of carbonyl (C=O) groups is 1. The molecule has 0 aliphatic carbocycles. The van der Waals surface area contributed by atoms with Gasteiger partial charge in [0.15, 0.2) is 4.75 Å². The van der Waals surface area contributed by atoms with Crippen LogP contribution < -0.4 is 5.73 Å². The van der Waals surface area contributed by atoms with Crippen LogP contribution in [0, 0.1) is 0 Å². The summed E-state index contributed by atoms with van der Waals surface area (Å²) in [5.41, 5.74) is 5.59. The maximum absolute atomic E-state index is 11.5. The molecule has 0 aliphatic rings. The lowest BCUT2D eigenvalue weighted by Crippen LogP contribution is -2.52. The Balaban J connectivity index is 3.47. The number of carbonyl (C=O) groups excluding carboxylic acids is 1. The van der Waals surface area contributed by atoms with Crippen LogP contribution in [0.15, 0.2) is 24.3 Å². The Morgan fingerprint density at radius 3 is 2.42 bits per heavy atom. The summed E-state index contributed by atoms with van der Waals surface area (Å²) in [5.74, 6) is -2.05. The molecule has 0 radical (unpaired) electrons. The maximum atomic E-state index is 11.5. The molecule has 19 heavy (non-hydrogen) atoms. The zero-order chi connectivity index (χ0) is 14.8. The zero-order valence-electron chi connectivity index (χ0n) is 10.7. The number of aromatic hydroxyl groups is 1. The Hall–Kier alpha value is -1.60. The van der Waals surface area contributed by atoms with Crippen molar-refractivity contribution in [3.63, 3.8) is 0 Å². The number of phenols is 1. The Bertz CT molecular complexity index is 584. The van der Waals surface area contributed by atoms with Gasteiger partial charge in [-0.25, -0.2) is 0 Å². The standard InChI is InChI=1S/C12H17NO5S/c1-3-10(8-5-4-6-9(14)7-8)12(2,11(13)15)19(16,17)18/h4-7,10,14H,3H2,1-2H3,(H2,13,15)(H,16,17,18). The highest BCUT2D eigenvalue weighted by Gasteiger charge is 2.50. The van der Waals surface area contributed by atoms with Crippen LogP contribution in [0.25, 0.3) is 0 Å². The molecule has 0 aliphatic heterocycles. The van der Waals surface area contributed by atoms with Gasteiger partial charge in [-0.15, -0.1) is 0 Å². The van der Waals surface area contributed by atoms with Crippen LogP contribution >= 0.6 is 0 Å². The molecular weight excluding hydrogens is 270 g/mol. The van der Waals surface area contributed by atoms with Gasteiger partial charge < -0.3 is 10.8 Å². The van der Waals surface area contributed by atoms with Gasteiger partial charge in [0.2, 0.25) is 5.91 Å². The minimum Gasteiger partial charge on any atom is -0.508 e. The first-order chi connectivity index (χ1) is 8.64. The number of rotatable bonds is 5. The third kappa shape index (κ3) is 2.71. The predicted octanol–water partition coefficient (Wildman–Crippen LogP) is 1.02. The minimum atomic E-state index is -4.69. The fraction of sp³-hybridized carbons (Fsp3) is 0.417. The predicted molar refractivity (Wildman–Crippen MR) is 70.3 cm³/mol. The molecule has 0 spiro atoms. The second kappa shape index (κ2) is 5.18. The first-order valence-corrected chi connectivity index (χ1v) is 7.14. The van der Waals surface area contributed by atoms with Gasteiger partial charge >= 0.3 is 0 Å². The van der Waals surface area contributed by atoms with E-state index in [1.165, 1.54) is 18.2 Å². The topological polar surface area (TPSA) is 118 Å². The Morgan fingerprint density at radius 1 is 1.47 bits per heavy atom. The first-order valence-electron chi connectivity index (χ1n) is 5.70. The largest absolute Gasteiger partial charge is 0.508 e. The molecule has 0 fully saturated rings. The fourth-order valence-corrected chi connectivity index (χ4v) is 3.08. The highest BCUT2D eigenvalue weighted by atomic mass is 32.2. The van der Waals surface area contributed by atoms with Crippen LogP contribution in [0.4, 0.5) is 0 Å². The molecule has 0 saturated carbocycles. The lowest BCUT2D eigenvalue weighted by Gasteiger charge is -2.31. The number of nitrogens with two attached hydrogens (primary N) is 1. The molecule has 106 valence electrons. The van der Waals surface area contributed by atoms with E-state index in [0.29, 0.717) is 5.56 Å². The van der Waals surface area contributed by atoms with Crippen molar-refractivity contribution in [1.82, 2.24) is 0 Å². The number of amides is 1. The lowest BCUT2D eigenvalue weighted by molar-refractivity contribution is -0.120. The summed E-state index contributed by atoms with van der Waals surface area (Å²) in [4.78, 5) is 11.5. The van der Waals surface area contributed by atoms with E-state index in [0.717, 1.165) is 6.92 Å². The molecule has 1 amide bonds. The molecule has 2 unspecified atom stereocenters. The van der Waals surface area contributed by atoms with E-state index in [1.54, 1.807) is 13.0 Å². The number of primary amides is 1. The molecule has 7 heteroatoms. The van der Waals surface area contributed by atoms with Crippen molar-refractivity contribution in [2.45, 2.75) is 30.9 Å². The van der Waals surface area contributed by atoms with E-state index >= 15 is 0 Å². The second-order valence-corrected chi connectivity index (χ2v) is 6.30. The molecule has 1 aromatic rings. The monoisotopic (exact) mass is 287 g/mol. The summed E-state index contributed by atoms with van der Waals surface area (Å²) in [6.07, 6.45) is 0.253. The summed E-state index contributed by atoms with van der Waals surface area (Å²) in [5, 5.41) is 9.44. The molecular formula is C12H17NO5S. The SMILES string of the molecule is CCC(c1cccc(O)c1)C(C)(C(N)=O)S(=O)(=O)O. The highest BCUT2D eigenvalue weighted by molar-refractivity contribution is 7.88. The lowest BCUT2D eigenvalue weighted by atomic mass is 9.84. The molecule has 4 N–H and O–H groups in total. The van der Waals surface area contributed by atoms with E-state index in [1.807, 2.05) is 0 Å². The van der Waals surface area contributed by atoms with Crippen LogP contribution in [0.1, 0.15) is 31.7 Å². The van der Waals surface area contributed by atoms with Crippen molar-refractivity contribution >= 4 is 16.0 Å². The quantitative estimate of drug-likeness (QED) is 0.699. The normalized spacial score (nSPS) is 16.6. The molecule has 0 heterocycles. The first kappa shape index (κ1) is 15.5. The van der Waals surface area contributed by atoms with Gasteiger partial charge in [-0.2, -0.15) is 8.42 Å². The van der Waals surface area contributed by atoms with Crippen molar-refractivity contribution in [2.24, 2.45) is 5.73 Å². The Morgan fingerprint density at radius 2 is 2.05 bits per heavy atom. The van der Waals surface area contributed by atoms with Gasteiger partial charge in [-0.1, -0.05) is 19.1 Å². The number of hydrogen-bond donors (Lipinski definition) is 3. The molecule has 0 saturated heterocycles. The van der Waals surface area contributed by atoms with E-state index in [2.05, 4.69) is 0 Å². The van der Waals surface area contributed by atoms with Gasteiger partial charge in [0, 0.05) is 5.92 Å². The van der Waals surface area contributed by atoms with Gasteiger partial charge in [-0.05, 0) is 31.0 Å². The number of hydrogen-bond acceptors (Lipinski definition) is 4. The van der Waals surface area contributed by atoms with E-state index in [4.69, 9.17) is 5.73 Å². The minimum absolute atomic E-state index is 0.0573. The molecule has 2 atom stereocenters. The maximum Gasteiger partial charge on any atom is 0.280 e. The molecule has 0 aromatic heterocycles. The second-order valence-electron chi connectivity index (χ2n) is 4.50. The summed E-state index contributed by atoms with van der Waals surface area (Å²) in [6, 6.07) is 5.87. The smallest absolute Gasteiger partial charge is 0.280 e. The number of phenolic OH excluding ortho intramolecular Hbond substituents is 1. The summed E-state index contributed by atoms with van der Waals surface area (Å²) in [7, 11) is -4.69. The van der Waals surface area contributed by atoms with E-state index in [9.17, 15) is 22.9 Å².